The molecular formula is C12H17Cl2N3O. The van der Waals surface area contributed by atoms with Gasteiger partial charge in [-0.1, -0.05) is 11.6 Å². The Bertz CT molecular complexity index is 377. The molecule has 18 heavy (non-hydrogen) atoms. The SMILES string of the molecule is Cl.O=C(NCc1ccc(Cl)cn1)C1CCNCC1. The van der Waals surface area contributed by atoms with E-state index in [0.29, 0.717) is 11.6 Å². The molecule has 1 saturated heterocycles. The number of rotatable bonds is 3. The second-order valence-corrected chi connectivity index (χ2v) is 4.65. The summed E-state index contributed by atoms with van der Waals surface area (Å²) >= 11 is 5.74. The van der Waals surface area contributed by atoms with Crippen LogP contribution in [0.1, 0.15) is 18.5 Å². The largest absolute Gasteiger partial charge is 0.350 e. The number of carbonyl (C=O) groups is 1. The van der Waals surface area contributed by atoms with Crippen molar-refractivity contribution in [3.8, 4) is 0 Å². The Morgan fingerprint density at radius 3 is 2.78 bits per heavy atom. The van der Waals surface area contributed by atoms with Gasteiger partial charge in [-0.2, -0.15) is 0 Å². The van der Waals surface area contributed by atoms with Gasteiger partial charge in [-0.05, 0) is 38.1 Å². The van der Waals surface area contributed by atoms with Crippen LogP contribution in [0.15, 0.2) is 18.3 Å². The predicted molar refractivity (Wildman–Crippen MR) is 73.9 cm³/mol. The number of hydrogen-bond donors (Lipinski definition) is 2. The van der Waals surface area contributed by atoms with E-state index in [1.165, 1.54) is 0 Å². The standard InChI is InChI=1S/C12H16ClN3O.ClH/c13-10-1-2-11(15-7-10)8-16-12(17)9-3-5-14-6-4-9;/h1-2,7,9,14H,3-6,8H2,(H,16,17);1H. The number of piperidine rings is 1. The predicted octanol–water partition coefficient (Wildman–Crippen LogP) is 1.77. The van der Waals surface area contributed by atoms with Crippen LogP contribution in [0.25, 0.3) is 0 Å². The molecule has 1 aromatic rings. The maximum absolute atomic E-state index is 11.8. The van der Waals surface area contributed by atoms with Crippen molar-refractivity contribution in [2.75, 3.05) is 13.1 Å². The summed E-state index contributed by atoms with van der Waals surface area (Å²) < 4.78 is 0. The molecule has 0 bridgehead atoms. The summed E-state index contributed by atoms with van der Waals surface area (Å²) in [4.78, 5) is 16.0. The van der Waals surface area contributed by atoms with E-state index in [-0.39, 0.29) is 24.2 Å². The first-order valence-electron chi connectivity index (χ1n) is 5.84. The monoisotopic (exact) mass is 289 g/mol. The molecule has 0 radical (unpaired) electrons. The van der Waals surface area contributed by atoms with Crippen molar-refractivity contribution in [1.82, 2.24) is 15.6 Å². The van der Waals surface area contributed by atoms with Gasteiger partial charge in [0.25, 0.3) is 0 Å². The molecule has 0 saturated carbocycles. The highest BCUT2D eigenvalue weighted by atomic mass is 35.5. The van der Waals surface area contributed by atoms with Crippen LogP contribution >= 0.6 is 24.0 Å². The molecule has 1 aliphatic heterocycles. The molecule has 0 unspecified atom stereocenters. The third-order valence-electron chi connectivity index (χ3n) is 2.94. The molecule has 4 nitrogen and oxygen atoms in total. The minimum atomic E-state index is 0. The normalized spacial score (nSPS) is 15.8. The Kier molecular flexibility index (Phi) is 6.39. The molecule has 2 heterocycles. The quantitative estimate of drug-likeness (QED) is 0.892. The Hall–Kier alpha value is -0.840. The fraction of sp³-hybridized carbons (Fsp3) is 0.500. The number of hydrogen-bond acceptors (Lipinski definition) is 3. The second-order valence-electron chi connectivity index (χ2n) is 4.21. The van der Waals surface area contributed by atoms with E-state index in [0.717, 1.165) is 31.6 Å². The van der Waals surface area contributed by atoms with Gasteiger partial charge in [0.05, 0.1) is 17.3 Å². The van der Waals surface area contributed by atoms with Crippen LogP contribution in [0.4, 0.5) is 0 Å². The lowest BCUT2D eigenvalue weighted by Gasteiger charge is -2.21. The second kappa shape index (κ2) is 7.56. The highest BCUT2D eigenvalue weighted by Crippen LogP contribution is 2.12. The molecule has 2 N–H and O–H groups in total. The lowest BCUT2D eigenvalue weighted by molar-refractivity contribution is -0.125. The molecular weight excluding hydrogens is 273 g/mol. The van der Waals surface area contributed by atoms with Crippen molar-refractivity contribution in [1.29, 1.82) is 0 Å². The first-order chi connectivity index (χ1) is 8.25. The number of aromatic nitrogens is 1. The van der Waals surface area contributed by atoms with Crippen molar-refractivity contribution in [2.24, 2.45) is 5.92 Å². The number of halogens is 2. The molecule has 1 aromatic heterocycles. The van der Waals surface area contributed by atoms with Crippen molar-refractivity contribution < 1.29 is 4.79 Å². The van der Waals surface area contributed by atoms with Gasteiger partial charge in [0.2, 0.25) is 5.91 Å². The number of nitrogens with one attached hydrogen (secondary N) is 2. The fourth-order valence-electron chi connectivity index (χ4n) is 1.92. The van der Waals surface area contributed by atoms with E-state index in [1.54, 1.807) is 12.3 Å². The van der Waals surface area contributed by atoms with Crippen LogP contribution in [-0.2, 0) is 11.3 Å². The smallest absolute Gasteiger partial charge is 0.223 e. The number of carbonyl (C=O) groups excluding carboxylic acids is 1. The summed E-state index contributed by atoms with van der Waals surface area (Å²) in [5.74, 6) is 0.270. The Labute approximate surface area is 118 Å². The Morgan fingerprint density at radius 1 is 1.44 bits per heavy atom. The van der Waals surface area contributed by atoms with Crippen LogP contribution in [0, 0.1) is 5.92 Å². The highest BCUT2D eigenvalue weighted by molar-refractivity contribution is 6.30. The maximum Gasteiger partial charge on any atom is 0.223 e. The highest BCUT2D eigenvalue weighted by Gasteiger charge is 2.20. The van der Waals surface area contributed by atoms with Gasteiger partial charge in [-0.15, -0.1) is 12.4 Å². The van der Waals surface area contributed by atoms with Gasteiger partial charge >= 0.3 is 0 Å². The number of pyridine rings is 1. The van der Waals surface area contributed by atoms with Crippen LogP contribution in [-0.4, -0.2) is 24.0 Å². The average molecular weight is 290 g/mol. The van der Waals surface area contributed by atoms with Gasteiger partial charge in [-0.3, -0.25) is 9.78 Å². The van der Waals surface area contributed by atoms with E-state index in [1.807, 2.05) is 6.07 Å². The molecule has 2 rings (SSSR count). The van der Waals surface area contributed by atoms with E-state index >= 15 is 0 Å². The number of amides is 1. The summed E-state index contributed by atoms with van der Waals surface area (Å²) in [5.41, 5.74) is 0.830. The maximum atomic E-state index is 11.8. The Morgan fingerprint density at radius 2 is 2.17 bits per heavy atom. The molecule has 1 fully saturated rings. The summed E-state index contributed by atoms with van der Waals surface area (Å²) in [6, 6.07) is 3.60. The molecule has 6 heteroatoms. The zero-order chi connectivity index (χ0) is 12.1. The molecule has 0 aliphatic carbocycles. The lowest BCUT2D eigenvalue weighted by Crippen LogP contribution is -2.37. The minimum Gasteiger partial charge on any atom is -0.350 e. The Balaban J connectivity index is 0.00000162. The lowest BCUT2D eigenvalue weighted by atomic mass is 9.97. The van der Waals surface area contributed by atoms with Gasteiger partial charge in [0.15, 0.2) is 0 Å². The summed E-state index contributed by atoms with van der Waals surface area (Å²) in [7, 11) is 0. The molecule has 1 aliphatic rings. The number of nitrogens with zero attached hydrogens (tertiary/aromatic N) is 1. The van der Waals surface area contributed by atoms with Gasteiger partial charge in [0.1, 0.15) is 0 Å². The van der Waals surface area contributed by atoms with E-state index < -0.39 is 0 Å². The van der Waals surface area contributed by atoms with E-state index in [9.17, 15) is 4.79 Å². The zero-order valence-electron chi connectivity index (χ0n) is 9.99. The van der Waals surface area contributed by atoms with Crippen LogP contribution in [0.3, 0.4) is 0 Å². The molecule has 0 aromatic carbocycles. The first kappa shape index (κ1) is 15.2. The fourth-order valence-corrected chi connectivity index (χ4v) is 2.03. The van der Waals surface area contributed by atoms with Crippen LogP contribution < -0.4 is 10.6 Å². The third-order valence-corrected chi connectivity index (χ3v) is 3.17. The van der Waals surface area contributed by atoms with Gasteiger partial charge < -0.3 is 10.6 Å². The third kappa shape index (κ3) is 4.44. The van der Waals surface area contributed by atoms with Gasteiger partial charge in [0, 0.05) is 12.1 Å². The van der Waals surface area contributed by atoms with Crippen LogP contribution in [0.5, 0.6) is 0 Å². The zero-order valence-corrected chi connectivity index (χ0v) is 11.6. The minimum absolute atomic E-state index is 0. The van der Waals surface area contributed by atoms with Crippen molar-refractivity contribution in [3.63, 3.8) is 0 Å². The average Bonchev–Trinajstić information content (AvgIpc) is 2.39. The van der Waals surface area contributed by atoms with E-state index in [2.05, 4.69) is 15.6 Å². The van der Waals surface area contributed by atoms with E-state index in [4.69, 9.17) is 11.6 Å². The van der Waals surface area contributed by atoms with Crippen molar-refractivity contribution in [2.45, 2.75) is 19.4 Å². The van der Waals surface area contributed by atoms with Crippen molar-refractivity contribution >= 4 is 29.9 Å². The summed E-state index contributed by atoms with van der Waals surface area (Å²) in [5, 5.41) is 6.77. The van der Waals surface area contributed by atoms with Crippen molar-refractivity contribution in [3.05, 3.63) is 29.0 Å². The first-order valence-corrected chi connectivity index (χ1v) is 6.22. The topological polar surface area (TPSA) is 54.0 Å². The summed E-state index contributed by atoms with van der Waals surface area (Å²) in [6.07, 6.45) is 3.42. The van der Waals surface area contributed by atoms with Gasteiger partial charge in [-0.25, -0.2) is 0 Å². The molecule has 1 amide bonds. The van der Waals surface area contributed by atoms with Crippen LogP contribution in [0.2, 0.25) is 5.02 Å². The molecule has 0 atom stereocenters. The molecule has 0 spiro atoms. The molecule has 100 valence electrons. The summed E-state index contributed by atoms with van der Waals surface area (Å²) in [6.45, 7) is 2.33.